The topological polar surface area (TPSA) is 101 Å². The minimum atomic E-state index is -0.536. The van der Waals surface area contributed by atoms with E-state index in [2.05, 4.69) is 10.6 Å². The van der Waals surface area contributed by atoms with Crippen molar-refractivity contribution in [2.24, 2.45) is 0 Å². The Morgan fingerprint density at radius 1 is 1.21 bits per heavy atom. The van der Waals surface area contributed by atoms with Gasteiger partial charge in [-0.1, -0.05) is 30.0 Å². The molecule has 2 aromatic carbocycles. The number of ether oxygens (including phenoxy) is 2. The molecule has 0 aliphatic heterocycles. The van der Waals surface area contributed by atoms with Gasteiger partial charge < -0.3 is 24.4 Å². The predicted molar refractivity (Wildman–Crippen MR) is 101 cm³/mol. The van der Waals surface area contributed by atoms with Gasteiger partial charge in [0.25, 0.3) is 5.03 Å². The molecule has 28 heavy (non-hydrogen) atoms. The number of aromatic nitrogens is 2. The van der Waals surface area contributed by atoms with E-state index in [1.807, 2.05) is 30.3 Å². The minimum absolute atomic E-state index is 0.194. The molecule has 146 valence electrons. The van der Waals surface area contributed by atoms with E-state index in [1.165, 1.54) is 23.6 Å². The summed E-state index contributed by atoms with van der Waals surface area (Å²) in [6.45, 7) is 0. The van der Waals surface area contributed by atoms with Gasteiger partial charge in [0.1, 0.15) is 11.5 Å². The normalized spacial score (nSPS) is 10.5. The molecular formula is C19H19N3O5S. The fourth-order valence-electron chi connectivity index (χ4n) is 2.45. The van der Waals surface area contributed by atoms with Gasteiger partial charge in [0.15, 0.2) is 5.95 Å². The smallest absolute Gasteiger partial charge is 0.297 e. The molecule has 0 spiro atoms. The number of hydrogen-bond acceptors (Lipinski definition) is 7. The first-order chi connectivity index (χ1) is 13.6. The summed E-state index contributed by atoms with van der Waals surface area (Å²) in [7, 11) is 3.07. The summed E-state index contributed by atoms with van der Waals surface area (Å²) in [5.74, 6) is 0.778. The first kappa shape index (κ1) is 19.6. The SMILES string of the molecule is COc1ccc(NC(=O)CCSc2c([O-])on[n+]2-c2ccccc2)c(OC)c1. The number of amides is 1. The zero-order chi connectivity index (χ0) is 19.9. The Kier molecular flexibility index (Phi) is 6.38. The van der Waals surface area contributed by atoms with Gasteiger partial charge in [-0.25, -0.2) is 0 Å². The highest BCUT2D eigenvalue weighted by Gasteiger charge is 2.21. The van der Waals surface area contributed by atoms with E-state index in [9.17, 15) is 9.90 Å². The van der Waals surface area contributed by atoms with Crippen LogP contribution < -0.4 is 24.6 Å². The highest BCUT2D eigenvalue weighted by molar-refractivity contribution is 7.99. The number of carbonyl (C=O) groups is 1. The van der Waals surface area contributed by atoms with E-state index in [0.717, 1.165) is 0 Å². The molecule has 0 radical (unpaired) electrons. The molecule has 1 N–H and O–H groups in total. The number of nitrogens with one attached hydrogen (secondary N) is 1. The van der Waals surface area contributed by atoms with Crippen LogP contribution in [-0.2, 0) is 4.79 Å². The number of para-hydroxylation sites is 1. The maximum atomic E-state index is 12.3. The number of carbonyl (C=O) groups excluding carboxylic acids is 1. The van der Waals surface area contributed by atoms with Gasteiger partial charge in [-0.2, -0.15) is 0 Å². The average Bonchev–Trinajstić information content (AvgIpc) is 3.09. The van der Waals surface area contributed by atoms with Crippen LogP contribution >= 0.6 is 11.8 Å². The number of benzene rings is 2. The molecule has 0 aliphatic carbocycles. The third-order valence-electron chi connectivity index (χ3n) is 3.82. The van der Waals surface area contributed by atoms with Crippen molar-refractivity contribution in [2.75, 3.05) is 25.3 Å². The Bertz CT molecular complexity index is 946. The van der Waals surface area contributed by atoms with Crippen molar-refractivity contribution in [3.8, 4) is 23.1 Å². The number of hydrogen-bond donors (Lipinski definition) is 1. The largest absolute Gasteiger partial charge is 0.538 e. The lowest BCUT2D eigenvalue weighted by molar-refractivity contribution is -0.705. The van der Waals surface area contributed by atoms with Crippen LogP contribution in [0, 0.1) is 0 Å². The molecule has 1 amide bonds. The molecule has 0 saturated heterocycles. The van der Waals surface area contributed by atoms with Gasteiger partial charge in [0.2, 0.25) is 11.6 Å². The lowest BCUT2D eigenvalue weighted by atomic mass is 10.2. The van der Waals surface area contributed by atoms with E-state index >= 15 is 0 Å². The third-order valence-corrected chi connectivity index (χ3v) is 4.85. The predicted octanol–water partition coefficient (Wildman–Crippen LogP) is 2.16. The molecule has 0 unspecified atom stereocenters. The highest BCUT2D eigenvalue weighted by atomic mass is 32.2. The Balaban J connectivity index is 1.60. The van der Waals surface area contributed by atoms with E-state index < -0.39 is 5.95 Å². The lowest BCUT2D eigenvalue weighted by Crippen LogP contribution is -2.34. The summed E-state index contributed by atoms with van der Waals surface area (Å²) in [4.78, 5) is 12.3. The van der Waals surface area contributed by atoms with Gasteiger partial charge >= 0.3 is 0 Å². The molecule has 1 heterocycles. The quantitative estimate of drug-likeness (QED) is 0.456. The second kappa shape index (κ2) is 9.14. The Morgan fingerprint density at radius 2 is 2.00 bits per heavy atom. The molecule has 0 aliphatic rings. The molecular weight excluding hydrogens is 382 g/mol. The van der Waals surface area contributed by atoms with Gasteiger partial charge in [-0.05, 0) is 16.8 Å². The van der Waals surface area contributed by atoms with Crippen LogP contribution in [0.15, 0.2) is 58.1 Å². The van der Waals surface area contributed by atoms with Crippen LogP contribution in [-0.4, -0.2) is 31.2 Å². The molecule has 3 rings (SSSR count). The molecule has 1 aromatic heterocycles. The number of anilines is 1. The average molecular weight is 401 g/mol. The molecule has 0 atom stereocenters. The molecule has 0 bridgehead atoms. The monoisotopic (exact) mass is 401 g/mol. The van der Waals surface area contributed by atoms with Crippen LogP contribution in [0.2, 0.25) is 0 Å². The summed E-state index contributed by atoms with van der Waals surface area (Å²) in [5.41, 5.74) is 1.26. The molecule has 8 nitrogen and oxygen atoms in total. The fraction of sp³-hybridized carbons (Fsp3) is 0.211. The van der Waals surface area contributed by atoms with Crippen molar-refractivity contribution in [2.45, 2.75) is 11.4 Å². The summed E-state index contributed by atoms with van der Waals surface area (Å²) >= 11 is 1.21. The molecule has 3 aromatic rings. The van der Waals surface area contributed by atoms with Crippen LogP contribution in [0.3, 0.4) is 0 Å². The minimum Gasteiger partial charge on any atom is -0.538 e. The van der Waals surface area contributed by atoms with Gasteiger partial charge in [-0.15, -0.1) is 0 Å². The Morgan fingerprint density at radius 3 is 2.71 bits per heavy atom. The fourth-order valence-corrected chi connectivity index (χ4v) is 3.35. The Labute approximate surface area is 166 Å². The van der Waals surface area contributed by atoms with Gasteiger partial charge in [0.05, 0.1) is 25.2 Å². The van der Waals surface area contributed by atoms with Gasteiger partial charge in [0, 0.05) is 30.4 Å². The second-order valence-electron chi connectivity index (χ2n) is 5.63. The van der Waals surface area contributed by atoms with Crippen LogP contribution in [0.25, 0.3) is 5.69 Å². The van der Waals surface area contributed by atoms with Crippen molar-refractivity contribution in [3.05, 3.63) is 48.5 Å². The number of thioether (sulfide) groups is 1. The van der Waals surface area contributed by atoms with Crippen molar-refractivity contribution in [3.63, 3.8) is 0 Å². The van der Waals surface area contributed by atoms with Crippen molar-refractivity contribution in [1.82, 2.24) is 5.27 Å². The van der Waals surface area contributed by atoms with Gasteiger partial charge in [-0.3, -0.25) is 4.79 Å². The summed E-state index contributed by atoms with van der Waals surface area (Å²) in [6, 6.07) is 14.3. The van der Waals surface area contributed by atoms with Crippen LogP contribution in [0.1, 0.15) is 6.42 Å². The summed E-state index contributed by atoms with van der Waals surface area (Å²) in [6.07, 6.45) is 0.194. The number of nitrogens with zero attached hydrogens (tertiary/aromatic N) is 2. The zero-order valence-electron chi connectivity index (χ0n) is 15.4. The maximum Gasteiger partial charge on any atom is 0.297 e. The van der Waals surface area contributed by atoms with Crippen LogP contribution in [0.5, 0.6) is 17.4 Å². The first-order valence-corrected chi connectivity index (χ1v) is 9.40. The Hall–Kier alpha value is -3.20. The van der Waals surface area contributed by atoms with Crippen molar-refractivity contribution >= 4 is 23.4 Å². The molecule has 9 heteroatoms. The molecule has 0 saturated carbocycles. The summed E-state index contributed by atoms with van der Waals surface area (Å²) in [5, 5.41) is 18.8. The first-order valence-electron chi connectivity index (χ1n) is 8.41. The van der Waals surface area contributed by atoms with Crippen molar-refractivity contribution in [1.29, 1.82) is 0 Å². The van der Waals surface area contributed by atoms with Crippen LogP contribution in [0.4, 0.5) is 5.69 Å². The number of methoxy groups -OCH3 is 2. The standard InChI is InChI=1S/C19H19N3O5S/c1-25-14-8-9-15(16(12-14)26-2)20-17(23)10-11-28-18-19(24)27-21-22(18)13-6-4-3-5-7-13/h3-9,12H,10-11H2,1-2H3,(H-,20,21,23,24). The van der Waals surface area contributed by atoms with E-state index in [-0.39, 0.29) is 12.3 Å². The van der Waals surface area contributed by atoms with E-state index in [1.54, 1.807) is 25.3 Å². The third kappa shape index (κ3) is 4.55. The maximum absolute atomic E-state index is 12.3. The zero-order valence-corrected chi connectivity index (χ0v) is 16.2. The summed E-state index contributed by atoms with van der Waals surface area (Å²) < 4.78 is 16.6. The lowest BCUT2D eigenvalue weighted by Gasteiger charge is -2.11. The van der Waals surface area contributed by atoms with Crippen molar-refractivity contribution < 1.29 is 28.6 Å². The highest BCUT2D eigenvalue weighted by Crippen LogP contribution is 2.29. The van der Waals surface area contributed by atoms with E-state index in [4.69, 9.17) is 14.0 Å². The number of rotatable bonds is 8. The second-order valence-corrected chi connectivity index (χ2v) is 6.71. The van der Waals surface area contributed by atoms with E-state index in [0.29, 0.717) is 33.7 Å². The molecule has 0 fully saturated rings.